The second-order valence-electron chi connectivity index (χ2n) is 3.10. The number of alkyl halides is 1. The first-order valence-electron chi connectivity index (χ1n) is 3.48. The monoisotopic (exact) mass is 174 g/mol. The molecule has 1 rings (SSSR count). The molecule has 3 heteroatoms. The van der Waals surface area contributed by atoms with Crippen LogP contribution in [-0.4, -0.2) is 16.9 Å². The van der Waals surface area contributed by atoms with Gasteiger partial charge in [-0.2, -0.15) is 0 Å². The molecule has 1 heterocycles. The zero-order valence-electron chi connectivity index (χ0n) is 6.69. The normalized spacial score (nSPS) is 37.0. The first kappa shape index (κ1) is 8.60. The molecule has 62 valence electrons. The highest BCUT2D eigenvalue weighted by Gasteiger charge is 2.42. The lowest BCUT2D eigenvalue weighted by atomic mass is 9.95. The molecule has 2 atom stereocenters. The zero-order valence-corrected chi connectivity index (χ0v) is 7.44. The van der Waals surface area contributed by atoms with Gasteiger partial charge in [-0.3, -0.25) is 4.79 Å². The summed E-state index contributed by atoms with van der Waals surface area (Å²) in [7, 11) is 0. The fourth-order valence-electron chi connectivity index (χ4n) is 1.01. The van der Waals surface area contributed by atoms with E-state index in [1.54, 1.807) is 0 Å². The minimum absolute atomic E-state index is 0.336. The summed E-state index contributed by atoms with van der Waals surface area (Å²) in [4.78, 5) is 10.9. The van der Waals surface area contributed by atoms with E-state index in [4.69, 9.17) is 16.3 Å². The second kappa shape index (κ2) is 2.52. The standard InChI is InChI=1S/C8H11ClO2/c1-5(2)8(3)4-6(9)7(10)11-8/h6H,1,4H2,2-3H3. The summed E-state index contributed by atoms with van der Waals surface area (Å²) >= 11 is 5.68. The maximum atomic E-state index is 10.9. The Bertz CT molecular complexity index is 210. The summed E-state index contributed by atoms with van der Waals surface area (Å²) in [5.41, 5.74) is 0.303. The van der Waals surface area contributed by atoms with E-state index >= 15 is 0 Å². The third-order valence-corrected chi connectivity index (χ3v) is 2.39. The molecule has 0 bridgehead atoms. The Kier molecular flexibility index (Phi) is 1.97. The van der Waals surface area contributed by atoms with E-state index in [1.807, 2.05) is 13.8 Å². The molecular weight excluding hydrogens is 164 g/mol. The number of hydrogen-bond donors (Lipinski definition) is 0. The molecule has 0 aromatic heterocycles. The number of halogens is 1. The molecule has 0 N–H and O–H groups in total. The van der Waals surface area contributed by atoms with Crippen LogP contribution in [0.4, 0.5) is 0 Å². The van der Waals surface area contributed by atoms with Crippen LogP contribution in [0.15, 0.2) is 12.2 Å². The first-order valence-corrected chi connectivity index (χ1v) is 3.92. The van der Waals surface area contributed by atoms with Crippen LogP contribution in [0.5, 0.6) is 0 Å². The molecule has 1 saturated heterocycles. The largest absolute Gasteiger partial charge is 0.454 e. The Labute approximate surface area is 71.2 Å². The number of cyclic esters (lactones) is 1. The van der Waals surface area contributed by atoms with Gasteiger partial charge < -0.3 is 4.74 Å². The summed E-state index contributed by atoms with van der Waals surface area (Å²) in [5, 5.41) is -0.503. The molecule has 2 nitrogen and oxygen atoms in total. The van der Waals surface area contributed by atoms with Crippen molar-refractivity contribution in [3.05, 3.63) is 12.2 Å². The summed E-state index contributed by atoms with van der Waals surface area (Å²) < 4.78 is 5.05. The molecule has 11 heavy (non-hydrogen) atoms. The van der Waals surface area contributed by atoms with Gasteiger partial charge in [0.2, 0.25) is 0 Å². The average Bonchev–Trinajstić information content (AvgIpc) is 2.09. The van der Waals surface area contributed by atoms with Crippen LogP contribution in [-0.2, 0) is 9.53 Å². The lowest BCUT2D eigenvalue weighted by Gasteiger charge is -2.21. The topological polar surface area (TPSA) is 26.3 Å². The van der Waals surface area contributed by atoms with Crippen molar-refractivity contribution in [2.45, 2.75) is 31.2 Å². The minimum Gasteiger partial charge on any atom is -0.454 e. The molecule has 1 fully saturated rings. The lowest BCUT2D eigenvalue weighted by molar-refractivity contribution is -0.144. The van der Waals surface area contributed by atoms with E-state index in [2.05, 4.69) is 6.58 Å². The highest BCUT2D eigenvalue weighted by molar-refractivity contribution is 6.30. The molecule has 0 aliphatic carbocycles. The Morgan fingerprint density at radius 2 is 2.45 bits per heavy atom. The molecule has 0 saturated carbocycles. The number of ether oxygens (including phenoxy) is 1. The first-order chi connectivity index (χ1) is 4.96. The van der Waals surface area contributed by atoms with E-state index in [0.717, 1.165) is 5.57 Å². The smallest absolute Gasteiger partial charge is 0.325 e. The van der Waals surface area contributed by atoms with Crippen LogP contribution in [0.3, 0.4) is 0 Å². The van der Waals surface area contributed by atoms with Crippen molar-refractivity contribution in [1.29, 1.82) is 0 Å². The molecule has 2 unspecified atom stereocenters. The molecule has 0 aromatic rings. The maximum absolute atomic E-state index is 10.9. The molecule has 0 amide bonds. The quantitative estimate of drug-likeness (QED) is 0.345. The lowest BCUT2D eigenvalue weighted by Crippen LogP contribution is -2.24. The predicted octanol–water partition coefficient (Wildman–Crippen LogP) is 1.88. The van der Waals surface area contributed by atoms with Gasteiger partial charge in [0.15, 0.2) is 0 Å². The van der Waals surface area contributed by atoms with Gasteiger partial charge in [-0.05, 0) is 19.4 Å². The van der Waals surface area contributed by atoms with Crippen LogP contribution in [0.1, 0.15) is 20.3 Å². The van der Waals surface area contributed by atoms with Gasteiger partial charge in [-0.25, -0.2) is 0 Å². The van der Waals surface area contributed by atoms with Gasteiger partial charge in [-0.1, -0.05) is 6.58 Å². The zero-order chi connectivity index (χ0) is 8.65. The molecule has 1 aliphatic heterocycles. The van der Waals surface area contributed by atoms with Crippen LogP contribution < -0.4 is 0 Å². The highest BCUT2D eigenvalue weighted by Crippen LogP contribution is 2.34. The average molecular weight is 175 g/mol. The third-order valence-electron chi connectivity index (χ3n) is 2.05. The van der Waals surface area contributed by atoms with Crippen molar-refractivity contribution in [2.24, 2.45) is 0 Å². The summed E-state index contributed by atoms with van der Waals surface area (Å²) in [5.74, 6) is -0.336. The van der Waals surface area contributed by atoms with Crippen LogP contribution >= 0.6 is 11.6 Å². The van der Waals surface area contributed by atoms with Crippen LogP contribution in [0.25, 0.3) is 0 Å². The van der Waals surface area contributed by atoms with Gasteiger partial charge >= 0.3 is 5.97 Å². The van der Waals surface area contributed by atoms with Crippen LogP contribution in [0, 0.1) is 0 Å². The SMILES string of the molecule is C=C(C)C1(C)CC(Cl)C(=O)O1. The third kappa shape index (κ3) is 1.41. The predicted molar refractivity (Wildman–Crippen MR) is 43.6 cm³/mol. The van der Waals surface area contributed by atoms with E-state index in [-0.39, 0.29) is 5.97 Å². The number of carbonyl (C=O) groups is 1. The number of carbonyl (C=O) groups excluding carboxylic acids is 1. The number of rotatable bonds is 1. The number of esters is 1. The Hall–Kier alpha value is -0.500. The van der Waals surface area contributed by atoms with Gasteiger partial charge in [0.25, 0.3) is 0 Å². The number of hydrogen-bond acceptors (Lipinski definition) is 2. The van der Waals surface area contributed by atoms with Gasteiger partial charge in [0, 0.05) is 6.42 Å². The van der Waals surface area contributed by atoms with Crippen LogP contribution in [0.2, 0.25) is 0 Å². The van der Waals surface area contributed by atoms with Crippen molar-refractivity contribution >= 4 is 17.6 Å². The minimum atomic E-state index is -0.538. The Morgan fingerprint density at radius 3 is 2.64 bits per heavy atom. The van der Waals surface area contributed by atoms with Crippen molar-refractivity contribution in [2.75, 3.05) is 0 Å². The van der Waals surface area contributed by atoms with E-state index in [9.17, 15) is 4.79 Å². The highest BCUT2D eigenvalue weighted by atomic mass is 35.5. The van der Waals surface area contributed by atoms with E-state index in [0.29, 0.717) is 6.42 Å². The van der Waals surface area contributed by atoms with Gasteiger partial charge in [-0.15, -0.1) is 11.6 Å². The molecule has 1 aliphatic rings. The van der Waals surface area contributed by atoms with E-state index < -0.39 is 11.0 Å². The van der Waals surface area contributed by atoms with Gasteiger partial charge in [0.05, 0.1) is 0 Å². The molecule has 0 spiro atoms. The van der Waals surface area contributed by atoms with Gasteiger partial charge in [0.1, 0.15) is 11.0 Å². The van der Waals surface area contributed by atoms with Crippen molar-refractivity contribution in [3.8, 4) is 0 Å². The van der Waals surface area contributed by atoms with E-state index in [1.165, 1.54) is 0 Å². The second-order valence-corrected chi connectivity index (χ2v) is 3.63. The Morgan fingerprint density at radius 1 is 1.91 bits per heavy atom. The molecule has 0 aromatic carbocycles. The fraction of sp³-hybridized carbons (Fsp3) is 0.625. The van der Waals surface area contributed by atoms with Crippen molar-refractivity contribution in [3.63, 3.8) is 0 Å². The molecular formula is C8H11ClO2. The summed E-state index contributed by atoms with van der Waals surface area (Å²) in [6.07, 6.45) is 0.530. The maximum Gasteiger partial charge on any atom is 0.325 e. The Balaban J connectivity index is 2.79. The molecule has 0 radical (unpaired) electrons. The van der Waals surface area contributed by atoms with Crippen molar-refractivity contribution in [1.82, 2.24) is 0 Å². The van der Waals surface area contributed by atoms with Crippen molar-refractivity contribution < 1.29 is 9.53 Å². The summed E-state index contributed by atoms with van der Waals surface area (Å²) in [6, 6.07) is 0. The summed E-state index contributed by atoms with van der Waals surface area (Å²) in [6.45, 7) is 7.41. The fourth-order valence-corrected chi connectivity index (χ4v) is 1.35.